The van der Waals surface area contributed by atoms with E-state index in [0.29, 0.717) is 0 Å². The summed E-state index contributed by atoms with van der Waals surface area (Å²) in [4.78, 5) is 14.2. The van der Waals surface area contributed by atoms with Gasteiger partial charge in [0.25, 0.3) is 0 Å². The van der Waals surface area contributed by atoms with Gasteiger partial charge in [-0.2, -0.15) is 17.6 Å². The molecule has 0 saturated heterocycles. The molecule has 0 aromatic heterocycles. The van der Waals surface area contributed by atoms with Crippen LogP contribution in [0.1, 0.15) is 38.2 Å². The number of hydrogen-bond acceptors (Lipinski definition) is 8. The van der Waals surface area contributed by atoms with E-state index in [1.165, 1.54) is 30.4 Å². The van der Waals surface area contributed by atoms with Gasteiger partial charge in [0.1, 0.15) is 11.2 Å². The topological polar surface area (TPSA) is 86.7 Å². The number of carbonyl (C=O) groups excluding carboxylic acids is 1. The number of allylic oxidation sites excluding steroid dienone is 3. The Balaban J connectivity index is 1.74. The number of esters is 1. The van der Waals surface area contributed by atoms with E-state index in [2.05, 4.69) is 0 Å². The number of carbonyl (C=O) groups is 1. The second-order valence-corrected chi connectivity index (χ2v) is 11.8. The summed E-state index contributed by atoms with van der Waals surface area (Å²) in [6.07, 6.45) is 7.22. The van der Waals surface area contributed by atoms with Crippen LogP contribution in [-0.2, 0) is 24.4 Å². The fraction of sp³-hybridized carbons (Fsp3) is 0.500. The molecule has 0 radical (unpaired) electrons. The first-order chi connectivity index (χ1) is 21.0. The molecule has 4 aliphatic rings. The highest BCUT2D eigenvalue weighted by Crippen LogP contribution is 2.53. The quantitative estimate of drug-likeness (QED) is 0.165. The summed E-state index contributed by atoms with van der Waals surface area (Å²) < 4.78 is 81.2. The smallest absolute Gasteiger partial charge is 0.387 e. The van der Waals surface area contributed by atoms with Crippen molar-refractivity contribution in [3.05, 3.63) is 69.3 Å². The molecule has 240 valence electrons. The summed E-state index contributed by atoms with van der Waals surface area (Å²) in [5.74, 6) is -2.64. The summed E-state index contributed by atoms with van der Waals surface area (Å²) in [6.45, 7) is -4.76. The number of nitrogens with zero attached hydrogens (tertiary/aromatic N) is 1. The number of hydroxylamine groups is 2. The standard InChI is InChI=1S/C30H31Cl2F4NO7/c1-2-40-27(38)30(18-7-8-21(43-28(33)34)23(11-18)41-14-16-3-4-16)10-9-22(44-29(35)36)26(42-15-17-5-6-17)25(30)24-19(31)12-37(39)13-20(24)32/h7-12,16-17,25,28-29,39H,2-6,13-15H2,1H3. The van der Waals surface area contributed by atoms with Gasteiger partial charge in [0.05, 0.1) is 37.3 Å². The van der Waals surface area contributed by atoms with Crippen LogP contribution in [0.3, 0.4) is 0 Å². The Bertz CT molecular complexity index is 1380. The van der Waals surface area contributed by atoms with Gasteiger partial charge in [-0.3, -0.25) is 15.1 Å². The zero-order valence-electron chi connectivity index (χ0n) is 23.6. The van der Waals surface area contributed by atoms with Gasteiger partial charge < -0.3 is 23.7 Å². The normalized spacial score (nSPS) is 23.7. The SMILES string of the molecule is CCOC(=O)C1(c2ccc(OC(F)F)c(OCC3CC3)c2)C=CC(OC(F)F)=C(OCC2CC2)C1C1=C(Cl)CN(O)C=C1Cl. The van der Waals surface area contributed by atoms with Crippen molar-refractivity contribution in [1.82, 2.24) is 5.06 Å². The largest absolute Gasteiger partial charge is 0.493 e. The second-order valence-electron chi connectivity index (χ2n) is 10.9. The Morgan fingerprint density at radius 1 is 1.02 bits per heavy atom. The van der Waals surface area contributed by atoms with Crippen molar-refractivity contribution in [3.8, 4) is 11.5 Å². The van der Waals surface area contributed by atoms with Crippen molar-refractivity contribution < 1.29 is 51.2 Å². The predicted octanol–water partition coefficient (Wildman–Crippen LogP) is 7.22. The number of hydrogen-bond donors (Lipinski definition) is 1. The first-order valence-corrected chi connectivity index (χ1v) is 14.9. The van der Waals surface area contributed by atoms with Gasteiger partial charge in [0, 0.05) is 16.8 Å². The lowest BCUT2D eigenvalue weighted by atomic mass is 9.63. The molecule has 1 aromatic carbocycles. The van der Waals surface area contributed by atoms with Crippen molar-refractivity contribution in [3.63, 3.8) is 0 Å². The summed E-state index contributed by atoms with van der Waals surface area (Å²) in [5.41, 5.74) is -1.65. The number of benzene rings is 1. The average Bonchev–Trinajstić information content (AvgIpc) is 3.87. The van der Waals surface area contributed by atoms with Crippen LogP contribution in [0, 0.1) is 17.8 Å². The molecule has 0 spiro atoms. The summed E-state index contributed by atoms with van der Waals surface area (Å²) >= 11 is 13.3. The summed E-state index contributed by atoms with van der Waals surface area (Å²) in [5, 5.41) is 10.8. The first-order valence-electron chi connectivity index (χ1n) is 14.2. The molecular weight excluding hydrogens is 633 g/mol. The fourth-order valence-electron chi connectivity index (χ4n) is 5.21. The maximum absolute atomic E-state index is 14.2. The highest BCUT2D eigenvalue weighted by molar-refractivity contribution is 6.36. The summed E-state index contributed by atoms with van der Waals surface area (Å²) in [6, 6.07) is 3.98. The zero-order chi connectivity index (χ0) is 31.6. The summed E-state index contributed by atoms with van der Waals surface area (Å²) in [7, 11) is 0. The van der Waals surface area contributed by atoms with E-state index >= 15 is 0 Å². The van der Waals surface area contributed by atoms with E-state index in [0.717, 1.165) is 36.9 Å². The monoisotopic (exact) mass is 663 g/mol. The van der Waals surface area contributed by atoms with Gasteiger partial charge in [-0.25, -0.2) is 0 Å². The Kier molecular flexibility index (Phi) is 9.91. The molecule has 14 heteroatoms. The number of rotatable bonds is 14. The molecule has 5 rings (SSSR count). The van der Waals surface area contributed by atoms with Crippen LogP contribution >= 0.6 is 23.2 Å². The minimum Gasteiger partial charge on any atom is -0.493 e. The molecule has 2 atom stereocenters. The molecule has 3 aliphatic carbocycles. The lowest BCUT2D eigenvalue weighted by Gasteiger charge is -2.42. The Morgan fingerprint density at radius 3 is 2.27 bits per heavy atom. The van der Waals surface area contributed by atoms with Crippen molar-refractivity contribution in [2.24, 2.45) is 17.8 Å². The van der Waals surface area contributed by atoms with E-state index in [-0.39, 0.29) is 82.4 Å². The van der Waals surface area contributed by atoms with Gasteiger partial charge in [0.15, 0.2) is 17.3 Å². The Hall–Kier alpha value is -3.09. The van der Waals surface area contributed by atoms with E-state index in [1.54, 1.807) is 6.92 Å². The van der Waals surface area contributed by atoms with Gasteiger partial charge in [0.2, 0.25) is 0 Å². The highest BCUT2D eigenvalue weighted by atomic mass is 35.5. The minimum absolute atomic E-state index is 0.0132. The van der Waals surface area contributed by atoms with Gasteiger partial charge in [-0.1, -0.05) is 35.3 Å². The molecule has 1 aromatic rings. The van der Waals surface area contributed by atoms with Crippen LogP contribution in [-0.4, -0.2) is 55.8 Å². The molecule has 0 amide bonds. The molecule has 1 aliphatic heterocycles. The molecule has 1 N–H and O–H groups in total. The van der Waals surface area contributed by atoms with E-state index < -0.39 is 30.5 Å². The third-order valence-electron chi connectivity index (χ3n) is 7.67. The number of halogens is 6. The van der Waals surface area contributed by atoms with Crippen LogP contribution in [0.4, 0.5) is 17.6 Å². The minimum atomic E-state index is -3.24. The molecule has 0 bridgehead atoms. The third-order valence-corrected chi connectivity index (χ3v) is 8.29. The average molecular weight is 664 g/mol. The fourth-order valence-corrected chi connectivity index (χ4v) is 5.93. The van der Waals surface area contributed by atoms with E-state index in [9.17, 15) is 27.6 Å². The molecular formula is C30H31Cl2F4NO7. The third kappa shape index (κ3) is 7.07. The molecule has 1 heterocycles. The maximum Gasteiger partial charge on any atom is 0.387 e. The van der Waals surface area contributed by atoms with Crippen LogP contribution in [0.2, 0.25) is 0 Å². The number of ether oxygens (including phenoxy) is 5. The molecule has 8 nitrogen and oxygen atoms in total. The van der Waals surface area contributed by atoms with Crippen LogP contribution in [0.15, 0.2) is 63.7 Å². The second kappa shape index (κ2) is 13.5. The van der Waals surface area contributed by atoms with Crippen LogP contribution in [0.25, 0.3) is 0 Å². The lowest BCUT2D eigenvalue weighted by Crippen LogP contribution is -2.47. The van der Waals surface area contributed by atoms with Crippen LogP contribution < -0.4 is 9.47 Å². The van der Waals surface area contributed by atoms with Crippen molar-refractivity contribution in [2.75, 3.05) is 26.4 Å². The van der Waals surface area contributed by atoms with E-state index in [1.807, 2.05) is 0 Å². The molecule has 2 saturated carbocycles. The molecule has 44 heavy (non-hydrogen) atoms. The van der Waals surface area contributed by atoms with Crippen molar-refractivity contribution >= 4 is 29.2 Å². The molecule has 2 fully saturated rings. The Morgan fingerprint density at radius 2 is 1.68 bits per heavy atom. The maximum atomic E-state index is 14.2. The lowest BCUT2D eigenvalue weighted by molar-refractivity contribution is -0.150. The van der Waals surface area contributed by atoms with Crippen LogP contribution in [0.5, 0.6) is 11.5 Å². The van der Waals surface area contributed by atoms with Crippen molar-refractivity contribution in [2.45, 2.75) is 51.2 Å². The highest BCUT2D eigenvalue weighted by Gasteiger charge is 2.55. The zero-order valence-corrected chi connectivity index (χ0v) is 25.1. The number of alkyl halides is 4. The van der Waals surface area contributed by atoms with Gasteiger partial charge in [-0.05, 0) is 68.2 Å². The van der Waals surface area contributed by atoms with Gasteiger partial charge in [-0.15, -0.1) is 0 Å². The Labute approximate surface area is 261 Å². The first kappa shape index (κ1) is 32.3. The van der Waals surface area contributed by atoms with E-state index in [4.69, 9.17) is 46.9 Å². The van der Waals surface area contributed by atoms with Gasteiger partial charge >= 0.3 is 19.2 Å². The van der Waals surface area contributed by atoms with Crippen molar-refractivity contribution in [1.29, 1.82) is 0 Å². The predicted molar refractivity (Wildman–Crippen MR) is 150 cm³/mol. The molecule has 2 unspecified atom stereocenters.